The highest BCUT2D eigenvalue weighted by Gasteiger charge is 2.29. The van der Waals surface area contributed by atoms with Gasteiger partial charge in [-0.2, -0.15) is 0 Å². The molecule has 2 aromatic carbocycles. The second-order valence-corrected chi connectivity index (χ2v) is 6.85. The van der Waals surface area contributed by atoms with Crippen LogP contribution in [0.25, 0.3) is 0 Å². The van der Waals surface area contributed by atoms with E-state index in [1.165, 1.54) is 5.56 Å². The van der Waals surface area contributed by atoms with E-state index in [1.807, 2.05) is 24.3 Å². The molecular weight excluding hydrogens is 354 g/mol. The second kappa shape index (κ2) is 9.37. The van der Waals surface area contributed by atoms with Gasteiger partial charge in [0.1, 0.15) is 5.75 Å². The Morgan fingerprint density at radius 1 is 1.07 bits per heavy atom. The van der Waals surface area contributed by atoms with Gasteiger partial charge in [-0.05, 0) is 36.3 Å². The van der Waals surface area contributed by atoms with Crippen LogP contribution < -0.4 is 15.4 Å². The van der Waals surface area contributed by atoms with Gasteiger partial charge in [0.2, 0.25) is 5.91 Å². The number of hydrogen-bond acceptors (Lipinski definition) is 4. The largest absolute Gasteiger partial charge is 0.478 e. The Morgan fingerprint density at radius 2 is 1.75 bits per heavy atom. The predicted molar refractivity (Wildman–Crippen MR) is 109 cm³/mol. The highest BCUT2D eigenvalue weighted by Crippen LogP contribution is 2.29. The first kappa shape index (κ1) is 19.9. The van der Waals surface area contributed by atoms with Crippen LogP contribution in [-0.4, -0.2) is 35.9 Å². The van der Waals surface area contributed by atoms with E-state index in [-0.39, 0.29) is 18.2 Å². The van der Waals surface area contributed by atoms with Gasteiger partial charge in [-0.15, -0.1) is 0 Å². The van der Waals surface area contributed by atoms with E-state index in [4.69, 9.17) is 4.74 Å². The van der Waals surface area contributed by atoms with Crippen LogP contribution in [0.15, 0.2) is 48.5 Å². The fourth-order valence-corrected chi connectivity index (χ4v) is 3.14. The zero-order valence-electron chi connectivity index (χ0n) is 16.4. The molecular formula is C22H27N3O3. The van der Waals surface area contributed by atoms with Crippen LogP contribution >= 0.6 is 0 Å². The van der Waals surface area contributed by atoms with E-state index in [2.05, 4.69) is 41.5 Å². The molecule has 148 valence electrons. The number of ether oxygens (including phenoxy) is 1. The van der Waals surface area contributed by atoms with Crippen molar-refractivity contribution in [3.63, 3.8) is 0 Å². The van der Waals surface area contributed by atoms with Crippen LogP contribution in [0.2, 0.25) is 0 Å². The minimum atomic E-state index is -0.814. The van der Waals surface area contributed by atoms with E-state index >= 15 is 0 Å². The van der Waals surface area contributed by atoms with Crippen molar-refractivity contribution in [2.75, 3.05) is 18.4 Å². The summed E-state index contributed by atoms with van der Waals surface area (Å²) in [6.45, 7) is 7.71. The molecule has 0 spiro atoms. The molecule has 1 atom stereocenters. The zero-order chi connectivity index (χ0) is 19.9. The van der Waals surface area contributed by atoms with Crippen LogP contribution in [0.5, 0.6) is 5.75 Å². The number of amides is 2. The highest BCUT2D eigenvalue weighted by atomic mass is 16.5. The van der Waals surface area contributed by atoms with Crippen molar-refractivity contribution in [3.8, 4) is 5.75 Å². The Morgan fingerprint density at radius 3 is 2.46 bits per heavy atom. The van der Waals surface area contributed by atoms with Crippen molar-refractivity contribution >= 4 is 17.5 Å². The van der Waals surface area contributed by atoms with Gasteiger partial charge in [-0.1, -0.05) is 50.2 Å². The summed E-state index contributed by atoms with van der Waals surface area (Å²) in [4.78, 5) is 26.7. The number of fused-ring (bicyclic) bond motifs is 1. The van der Waals surface area contributed by atoms with Crippen molar-refractivity contribution in [2.24, 2.45) is 0 Å². The number of hydrogen-bond donors (Lipinski definition) is 2. The first-order valence-corrected chi connectivity index (χ1v) is 9.72. The van der Waals surface area contributed by atoms with E-state index in [9.17, 15) is 9.59 Å². The fourth-order valence-electron chi connectivity index (χ4n) is 3.14. The third-order valence-electron chi connectivity index (χ3n) is 4.89. The lowest BCUT2D eigenvalue weighted by Gasteiger charge is -2.25. The second-order valence-electron chi connectivity index (χ2n) is 6.85. The van der Waals surface area contributed by atoms with E-state index < -0.39 is 6.10 Å². The van der Waals surface area contributed by atoms with Gasteiger partial charge in [-0.25, -0.2) is 0 Å². The maximum absolute atomic E-state index is 12.3. The molecule has 0 aliphatic carbocycles. The van der Waals surface area contributed by atoms with Crippen LogP contribution in [0.4, 0.5) is 5.69 Å². The Kier molecular flexibility index (Phi) is 6.66. The Bertz CT molecular complexity index is 816. The summed E-state index contributed by atoms with van der Waals surface area (Å²) in [6, 6.07) is 15.4. The molecule has 3 rings (SSSR count). The van der Waals surface area contributed by atoms with Gasteiger partial charge in [-0.3, -0.25) is 14.5 Å². The molecule has 0 fully saturated rings. The average molecular weight is 381 g/mol. The SMILES string of the molecule is CCN(CC)Cc1ccc(CNC(=O)C[C@@H]2Oc3ccccc3NC2=O)cc1. The molecule has 1 aliphatic rings. The molecule has 0 aromatic heterocycles. The summed E-state index contributed by atoms with van der Waals surface area (Å²) in [5, 5.41) is 5.64. The Labute approximate surface area is 165 Å². The minimum absolute atomic E-state index is 0.0137. The van der Waals surface area contributed by atoms with Gasteiger partial charge < -0.3 is 15.4 Å². The number of rotatable bonds is 8. The average Bonchev–Trinajstić information content (AvgIpc) is 2.72. The lowest BCUT2D eigenvalue weighted by molar-refractivity contribution is -0.130. The third kappa shape index (κ3) is 5.10. The van der Waals surface area contributed by atoms with Crippen LogP contribution in [0, 0.1) is 0 Å². The molecule has 1 aliphatic heterocycles. The molecule has 2 amide bonds. The Balaban J connectivity index is 1.49. The molecule has 6 nitrogen and oxygen atoms in total. The number of para-hydroxylation sites is 2. The van der Waals surface area contributed by atoms with Gasteiger partial charge in [0.25, 0.3) is 5.91 Å². The van der Waals surface area contributed by atoms with Crippen molar-refractivity contribution < 1.29 is 14.3 Å². The summed E-state index contributed by atoms with van der Waals surface area (Å²) >= 11 is 0. The first-order chi connectivity index (χ1) is 13.6. The van der Waals surface area contributed by atoms with Crippen molar-refractivity contribution in [3.05, 3.63) is 59.7 Å². The summed E-state index contributed by atoms with van der Waals surface area (Å²) in [7, 11) is 0. The standard InChI is InChI=1S/C22H27N3O3/c1-3-25(4-2)15-17-11-9-16(10-12-17)14-23-21(26)13-20-22(27)24-18-7-5-6-8-19(18)28-20/h5-12,20H,3-4,13-15H2,1-2H3,(H,23,26)(H,24,27)/t20-/m0/s1. The van der Waals surface area contributed by atoms with Gasteiger partial charge in [0.15, 0.2) is 6.10 Å². The van der Waals surface area contributed by atoms with E-state index in [1.54, 1.807) is 12.1 Å². The van der Waals surface area contributed by atoms with Gasteiger partial charge in [0.05, 0.1) is 12.1 Å². The summed E-state index contributed by atoms with van der Waals surface area (Å²) in [5.74, 6) is 0.0741. The smallest absolute Gasteiger partial charge is 0.266 e. The summed E-state index contributed by atoms with van der Waals surface area (Å²) < 4.78 is 5.66. The molecule has 0 bridgehead atoms. The molecule has 6 heteroatoms. The first-order valence-electron chi connectivity index (χ1n) is 9.72. The highest BCUT2D eigenvalue weighted by molar-refractivity contribution is 5.99. The quantitative estimate of drug-likeness (QED) is 0.738. The van der Waals surface area contributed by atoms with Crippen molar-refractivity contribution in [1.29, 1.82) is 0 Å². The predicted octanol–water partition coefficient (Wildman–Crippen LogP) is 2.93. The minimum Gasteiger partial charge on any atom is -0.478 e. The molecule has 2 N–H and O–H groups in total. The van der Waals surface area contributed by atoms with Crippen LogP contribution in [0.3, 0.4) is 0 Å². The number of nitrogens with zero attached hydrogens (tertiary/aromatic N) is 1. The normalized spacial score (nSPS) is 15.5. The van der Waals surface area contributed by atoms with Crippen LogP contribution in [0.1, 0.15) is 31.4 Å². The molecule has 2 aromatic rings. The molecule has 28 heavy (non-hydrogen) atoms. The number of carbonyl (C=O) groups is 2. The molecule has 0 saturated heterocycles. The topological polar surface area (TPSA) is 70.7 Å². The lowest BCUT2D eigenvalue weighted by atomic mass is 10.1. The zero-order valence-corrected chi connectivity index (χ0v) is 16.4. The lowest BCUT2D eigenvalue weighted by Crippen LogP contribution is -2.40. The number of benzene rings is 2. The van der Waals surface area contributed by atoms with Crippen molar-refractivity contribution in [1.82, 2.24) is 10.2 Å². The van der Waals surface area contributed by atoms with Crippen LogP contribution in [-0.2, 0) is 22.7 Å². The van der Waals surface area contributed by atoms with Gasteiger partial charge in [0, 0.05) is 13.1 Å². The van der Waals surface area contributed by atoms with Crippen molar-refractivity contribution in [2.45, 2.75) is 39.5 Å². The molecule has 0 saturated carbocycles. The number of carbonyl (C=O) groups excluding carboxylic acids is 2. The Hall–Kier alpha value is -2.86. The number of anilines is 1. The van der Waals surface area contributed by atoms with E-state index in [0.717, 1.165) is 25.2 Å². The monoisotopic (exact) mass is 381 g/mol. The maximum Gasteiger partial charge on any atom is 0.266 e. The fraction of sp³-hybridized carbons (Fsp3) is 0.364. The molecule has 0 radical (unpaired) electrons. The molecule has 0 unspecified atom stereocenters. The third-order valence-corrected chi connectivity index (χ3v) is 4.89. The number of nitrogens with one attached hydrogen (secondary N) is 2. The van der Waals surface area contributed by atoms with Gasteiger partial charge >= 0.3 is 0 Å². The molecule has 1 heterocycles. The van der Waals surface area contributed by atoms with E-state index in [0.29, 0.717) is 18.0 Å². The summed E-state index contributed by atoms with van der Waals surface area (Å²) in [6.07, 6.45) is -0.827. The maximum atomic E-state index is 12.3. The summed E-state index contributed by atoms with van der Waals surface area (Å²) in [5.41, 5.74) is 2.91.